The molecule has 1 fully saturated rings. The summed E-state index contributed by atoms with van der Waals surface area (Å²) in [4.78, 5) is 4.72. The Labute approximate surface area is 95.4 Å². The second kappa shape index (κ2) is 4.08. The SMILES string of the molecule is CC(C)c1nc(C2CCSC2)c(N)n1C. The van der Waals surface area contributed by atoms with Crippen LogP contribution in [0.15, 0.2) is 0 Å². The third-order valence-corrected chi connectivity index (χ3v) is 4.20. The first-order valence-electron chi connectivity index (χ1n) is 5.51. The standard InChI is InChI=1S/C11H19N3S/c1-7(2)11-13-9(10(12)14(11)3)8-4-5-15-6-8/h7-8H,4-6,12H2,1-3H3. The van der Waals surface area contributed by atoms with Crippen molar-refractivity contribution in [3.05, 3.63) is 11.5 Å². The van der Waals surface area contributed by atoms with Gasteiger partial charge in [0.25, 0.3) is 0 Å². The van der Waals surface area contributed by atoms with Gasteiger partial charge in [-0.15, -0.1) is 0 Å². The smallest absolute Gasteiger partial charge is 0.126 e. The minimum atomic E-state index is 0.445. The number of hydrogen-bond acceptors (Lipinski definition) is 3. The second-order valence-electron chi connectivity index (χ2n) is 4.51. The van der Waals surface area contributed by atoms with Crippen molar-refractivity contribution >= 4 is 17.6 Å². The van der Waals surface area contributed by atoms with Crippen LogP contribution >= 0.6 is 11.8 Å². The number of aromatic nitrogens is 2. The molecule has 1 unspecified atom stereocenters. The van der Waals surface area contributed by atoms with Gasteiger partial charge in [0.15, 0.2) is 0 Å². The van der Waals surface area contributed by atoms with Gasteiger partial charge in [0, 0.05) is 24.6 Å². The zero-order valence-corrected chi connectivity index (χ0v) is 10.5. The molecule has 2 rings (SSSR count). The summed E-state index contributed by atoms with van der Waals surface area (Å²) in [5.41, 5.74) is 7.24. The largest absolute Gasteiger partial charge is 0.384 e. The Hall–Kier alpha value is -0.640. The summed E-state index contributed by atoms with van der Waals surface area (Å²) in [6.45, 7) is 4.32. The van der Waals surface area contributed by atoms with Crippen LogP contribution in [0.3, 0.4) is 0 Å². The third kappa shape index (κ3) is 1.87. The number of rotatable bonds is 2. The summed E-state index contributed by atoms with van der Waals surface area (Å²) in [6.07, 6.45) is 1.23. The van der Waals surface area contributed by atoms with Gasteiger partial charge in [-0.1, -0.05) is 13.8 Å². The van der Waals surface area contributed by atoms with Crippen LogP contribution < -0.4 is 5.73 Å². The summed E-state index contributed by atoms with van der Waals surface area (Å²) < 4.78 is 2.04. The maximum Gasteiger partial charge on any atom is 0.126 e. The summed E-state index contributed by atoms with van der Waals surface area (Å²) >= 11 is 2.00. The second-order valence-corrected chi connectivity index (χ2v) is 5.66. The fraction of sp³-hybridized carbons (Fsp3) is 0.727. The highest BCUT2D eigenvalue weighted by molar-refractivity contribution is 7.99. The summed E-state index contributed by atoms with van der Waals surface area (Å²) in [5.74, 6) is 5.43. The average molecular weight is 225 g/mol. The molecular formula is C11H19N3S. The van der Waals surface area contributed by atoms with Gasteiger partial charge < -0.3 is 10.3 Å². The van der Waals surface area contributed by atoms with Gasteiger partial charge in [-0.2, -0.15) is 11.8 Å². The topological polar surface area (TPSA) is 43.8 Å². The highest BCUT2D eigenvalue weighted by Crippen LogP contribution is 2.35. The average Bonchev–Trinajstić information content (AvgIpc) is 2.77. The zero-order valence-electron chi connectivity index (χ0n) is 9.66. The van der Waals surface area contributed by atoms with E-state index in [1.165, 1.54) is 17.9 Å². The molecule has 1 aliphatic rings. The van der Waals surface area contributed by atoms with Crippen LogP contribution in [0.25, 0.3) is 0 Å². The molecule has 0 saturated carbocycles. The molecule has 0 aliphatic carbocycles. The van der Waals surface area contributed by atoms with E-state index in [2.05, 4.69) is 13.8 Å². The van der Waals surface area contributed by atoms with E-state index >= 15 is 0 Å². The lowest BCUT2D eigenvalue weighted by atomic mass is 10.1. The lowest BCUT2D eigenvalue weighted by molar-refractivity contribution is 0.707. The van der Waals surface area contributed by atoms with Crippen LogP contribution in [0.5, 0.6) is 0 Å². The molecule has 4 heteroatoms. The van der Waals surface area contributed by atoms with Crippen LogP contribution in [0, 0.1) is 0 Å². The summed E-state index contributed by atoms with van der Waals surface area (Å²) in [7, 11) is 2.02. The first-order valence-corrected chi connectivity index (χ1v) is 6.66. The van der Waals surface area contributed by atoms with Crippen molar-refractivity contribution in [1.29, 1.82) is 0 Å². The van der Waals surface area contributed by atoms with Crippen molar-refractivity contribution in [2.24, 2.45) is 7.05 Å². The van der Waals surface area contributed by atoms with E-state index in [0.29, 0.717) is 11.8 Å². The first kappa shape index (κ1) is 10.9. The minimum Gasteiger partial charge on any atom is -0.384 e. The highest BCUT2D eigenvalue weighted by atomic mass is 32.2. The van der Waals surface area contributed by atoms with Crippen molar-refractivity contribution in [1.82, 2.24) is 9.55 Å². The fourth-order valence-corrected chi connectivity index (χ4v) is 3.34. The van der Waals surface area contributed by atoms with Crippen LogP contribution in [-0.2, 0) is 7.05 Å². The monoisotopic (exact) mass is 225 g/mol. The zero-order chi connectivity index (χ0) is 11.0. The Morgan fingerprint density at radius 1 is 1.53 bits per heavy atom. The van der Waals surface area contributed by atoms with Gasteiger partial charge in [0.2, 0.25) is 0 Å². The molecular weight excluding hydrogens is 206 g/mol. The number of hydrogen-bond donors (Lipinski definition) is 1. The predicted molar refractivity (Wildman–Crippen MR) is 66.4 cm³/mol. The van der Waals surface area contributed by atoms with Gasteiger partial charge in [0.1, 0.15) is 11.6 Å². The van der Waals surface area contributed by atoms with E-state index in [9.17, 15) is 0 Å². The van der Waals surface area contributed by atoms with Crippen molar-refractivity contribution in [2.45, 2.75) is 32.1 Å². The molecule has 1 aromatic rings. The van der Waals surface area contributed by atoms with Crippen LogP contribution in [-0.4, -0.2) is 21.1 Å². The number of imidazole rings is 1. The number of nitrogens with zero attached hydrogens (tertiary/aromatic N) is 2. The fourth-order valence-electron chi connectivity index (χ4n) is 2.12. The maximum atomic E-state index is 6.11. The Morgan fingerprint density at radius 2 is 2.27 bits per heavy atom. The Bertz CT molecular complexity index is 351. The van der Waals surface area contributed by atoms with Gasteiger partial charge in [-0.3, -0.25) is 0 Å². The molecule has 84 valence electrons. The Morgan fingerprint density at radius 3 is 2.73 bits per heavy atom. The van der Waals surface area contributed by atoms with Crippen molar-refractivity contribution in [2.75, 3.05) is 17.2 Å². The van der Waals surface area contributed by atoms with Crippen LogP contribution in [0.1, 0.15) is 43.6 Å². The summed E-state index contributed by atoms with van der Waals surface area (Å²) in [5, 5.41) is 0. The van der Waals surface area contributed by atoms with Gasteiger partial charge in [-0.25, -0.2) is 4.98 Å². The molecule has 1 saturated heterocycles. The first-order chi connectivity index (χ1) is 7.11. The maximum absolute atomic E-state index is 6.11. The van der Waals surface area contributed by atoms with E-state index in [1.54, 1.807) is 0 Å². The van der Waals surface area contributed by atoms with Gasteiger partial charge in [-0.05, 0) is 12.2 Å². The number of nitrogen functional groups attached to an aromatic ring is 1. The lowest BCUT2D eigenvalue weighted by Gasteiger charge is -2.06. The molecule has 0 amide bonds. The third-order valence-electron chi connectivity index (χ3n) is 3.04. The van der Waals surface area contributed by atoms with Gasteiger partial charge in [0.05, 0.1) is 5.69 Å². The molecule has 0 spiro atoms. The van der Waals surface area contributed by atoms with E-state index in [-0.39, 0.29) is 0 Å². The minimum absolute atomic E-state index is 0.445. The lowest BCUT2D eigenvalue weighted by Crippen LogP contribution is -2.04. The van der Waals surface area contributed by atoms with Crippen molar-refractivity contribution in [3.8, 4) is 0 Å². The van der Waals surface area contributed by atoms with Crippen LogP contribution in [0.2, 0.25) is 0 Å². The molecule has 0 aromatic carbocycles. The Balaban J connectivity index is 2.35. The number of nitrogens with two attached hydrogens (primary N) is 1. The van der Waals surface area contributed by atoms with E-state index in [1.807, 2.05) is 23.4 Å². The van der Waals surface area contributed by atoms with Gasteiger partial charge >= 0.3 is 0 Å². The molecule has 0 bridgehead atoms. The van der Waals surface area contributed by atoms with Crippen molar-refractivity contribution in [3.63, 3.8) is 0 Å². The van der Waals surface area contributed by atoms with E-state index in [0.717, 1.165) is 17.3 Å². The molecule has 15 heavy (non-hydrogen) atoms. The molecule has 1 aliphatic heterocycles. The molecule has 1 atom stereocenters. The van der Waals surface area contributed by atoms with E-state index in [4.69, 9.17) is 10.7 Å². The normalized spacial score (nSPS) is 21.5. The highest BCUT2D eigenvalue weighted by Gasteiger charge is 2.25. The predicted octanol–water partition coefficient (Wildman–Crippen LogP) is 2.35. The summed E-state index contributed by atoms with van der Waals surface area (Å²) in [6, 6.07) is 0. The molecule has 3 nitrogen and oxygen atoms in total. The molecule has 1 aromatic heterocycles. The Kier molecular flexibility index (Phi) is 2.96. The number of thioether (sulfide) groups is 1. The molecule has 0 radical (unpaired) electrons. The molecule has 2 N–H and O–H groups in total. The molecule has 2 heterocycles. The van der Waals surface area contributed by atoms with Crippen LogP contribution in [0.4, 0.5) is 5.82 Å². The van der Waals surface area contributed by atoms with Crippen molar-refractivity contribution < 1.29 is 0 Å². The quantitative estimate of drug-likeness (QED) is 0.840. The van der Waals surface area contributed by atoms with E-state index < -0.39 is 0 Å². The number of anilines is 1.